The fraction of sp³-hybridized carbons (Fsp3) is 0.217. The van der Waals surface area contributed by atoms with E-state index in [-0.39, 0.29) is 11.2 Å². The first-order valence-corrected chi connectivity index (χ1v) is 10.1. The van der Waals surface area contributed by atoms with E-state index in [1.54, 1.807) is 30.4 Å². The van der Waals surface area contributed by atoms with Crippen molar-refractivity contribution < 1.29 is 9.53 Å². The van der Waals surface area contributed by atoms with Crippen molar-refractivity contribution in [2.45, 2.75) is 6.92 Å². The van der Waals surface area contributed by atoms with Gasteiger partial charge in [0.15, 0.2) is 11.2 Å². The van der Waals surface area contributed by atoms with Crippen molar-refractivity contribution >= 4 is 22.1 Å². The molecule has 0 atom stereocenters. The van der Waals surface area contributed by atoms with Crippen molar-refractivity contribution in [2.24, 2.45) is 0 Å². The first-order chi connectivity index (χ1) is 13.6. The van der Waals surface area contributed by atoms with Gasteiger partial charge < -0.3 is 9.64 Å². The quantitative estimate of drug-likeness (QED) is 0.615. The molecule has 1 aromatic heterocycles. The lowest BCUT2D eigenvalue weighted by Crippen LogP contribution is -2.36. The zero-order chi connectivity index (χ0) is 19.5. The molecule has 28 heavy (non-hydrogen) atoms. The number of morpholine rings is 1. The van der Waals surface area contributed by atoms with Gasteiger partial charge in [0, 0.05) is 35.7 Å². The molecule has 142 valence electrons. The first kappa shape index (κ1) is 18.6. The summed E-state index contributed by atoms with van der Waals surface area (Å²) in [5.41, 5.74) is 3.65. The third-order valence-electron chi connectivity index (χ3n) is 4.86. The molecule has 2 heterocycles. The summed E-state index contributed by atoms with van der Waals surface area (Å²) < 4.78 is 5.41. The van der Waals surface area contributed by atoms with Gasteiger partial charge in [-0.3, -0.25) is 9.59 Å². The van der Waals surface area contributed by atoms with E-state index in [0.29, 0.717) is 18.8 Å². The molecule has 0 bridgehead atoms. The number of nitrogens with zero attached hydrogens (tertiary/aromatic N) is 1. The van der Waals surface area contributed by atoms with E-state index >= 15 is 0 Å². The van der Waals surface area contributed by atoms with Crippen LogP contribution in [-0.4, -0.2) is 32.1 Å². The molecule has 1 saturated heterocycles. The molecule has 0 aliphatic carbocycles. The van der Waals surface area contributed by atoms with E-state index in [9.17, 15) is 9.59 Å². The molecule has 0 unspecified atom stereocenters. The van der Waals surface area contributed by atoms with Gasteiger partial charge in [-0.05, 0) is 23.6 Å². The fourth-order valence-electron chi connectivity index (χ4n) is 3.40. The Kier molecular flexibility index (Phi) is 5.37. The number of ether oxygens (including phenoxy) is 1. The van der Waals surface area contributed by atoms with Crippen LogP contribution in [0.5, 0.6) is 0 Å². The van der Waals surface area contributed by atoms with Crippen molar-refractivity contribution in [3.8, 4) is 21.6 Å². The molecule has 0 amide bonds. The Morgan fingerprint density at radius 3 is 2.36 bits per heavy atom. The average molecular weight is 391 g/mol. The Bertz CT molecular complexity index is 1050. The van der Waals surface area contributed by atoms with Gasteiger partial charge in [0.25, 0.3) is 0 Å². The summed E-state index contributed by atoms with van der Waals surface area (Å²) >= 11 is 1.62. The van der Waals surface area contributed by atoms with Crippen molar-refractivity contribution in [1.29, 1.82) is 0 Å². The summed E-state index contributed by atoms with van der Waals surface area (Å²) in [6.45, 7) is 4.58. The molecule has 1 aliphatic rings. The highest BCUT2D eigenvalue weighted by atomic mass is 32.1. The molecule has 0 saturated carbocycles. The second-order valence-electron chi connectivity index (χ2n) is 6.77. The van der Waals surface area contributed by atoms with Gasteiger partial charge in [0.2, 0.25) is 0 Å². The predicted molar refractivity (Wildman–Crippen MR) is 114 cm³/mol. The van der Waals surface area contributed by atoms with Crippen LogP contribution in [0.25, 0.3) is 21.6 Å². The molecule has 0 radical (unpaired) electrons. The number of Topliss-reactive ketones (excluding diaryl/α,β-unsaturated/α-hetero) is 1. The number of ketones is 1. The smallest absolute Gasteiger partial charge is 0.182 e. The number of anilines is 1. The second kappa shape index (κ2) is 8.09. The highest BCUT2D eigenvalue weighted by Gasteiger charge is 2.14. The van der Waals surface area contributed by atoms with Crippen LogP contribution in [0, 0.1) is 0 Å². The summed E-state index contributed by atoms with van der Waals surface area (Å²) in [5, 5.41) is 0.983. The van der Waals surface area contributed by atoms with E-state index in [1.807, 2.05) is 48.5 Å². The van der Waals surface area contributed by atoms with Gasteiger partial charge in [-0.1, -0.05) is 48.5 Å². The van der Waals surface area contributed by atoms with Crippen LogP contribution in [0.2, 0.25) is 0 Å². The predicted octanol–water partition coefficient (Wildman–Crippen LogP) is 4.48. The molecule has 0 N–H and O–H groups in total. The molecule has 4 nitrogen and oxygen atoms in total. The minimum Gasteiger partial charge on any atom is -0.378 e. The topological polar surface area (TPSA) is 46.6 Å². The standard InChI is InChI=1S/C23H21NO3S/c1-16(25)20-4-2-3-5-21(20)17-6-8-18(9-7-17)22-14-19(26)15-23(28-22)24-10-12-27-13-11-24/h2-9,14-15H,10-13H2,1H3. The molecule has 0 spiro atoms. The Morgan fingerprint density at radius 1 is 0.964 bits per heavy atom. The van der Waals surface area contributed by atoms with Crippen molar-refractivity contribution in [3.05, 3.63) is 76.5 Å². The number of benzene rings is 2. The Hall–Kier alpha value is -2.76. The van der Waals surface area contributed by atoms with E-state index in [2.05, 4.69) is 4.90 Å². The number of carbonyl (C=O) groups excluding carboxylic acids is 1. The molecule has 1 aliphatic heterocycles. The van der Waals surface area contributed by atoms with Crippen LogP contribution in [0.4, 0.5) is 5.00 Å². The van der Waals surface area contributed by atoms with E-state index in [1.165, 1.54) is 0 Å². The van der Waals surface area contributed by atoms with Crippen LogP contribution >= 0.6 is 11.3 Å². The molecular weight excluding hydrogens is 370 g/mol. The molecule has 1 fully saturated rings. The van der Waals surface area contributed by atoms with E-state index < -0.39 is 0 Å². The SMILES string of the molecule is CC(=O)c1ccccc1-c1ccc(-c2cc(=O)cc(N3CCOCC3)s2)cc1. The number of carbonyl (C=O) groups is 1. The highest BCUT2D eigenvalue weighted by molar-refractivity contribution is 7.19. The van der Waals surface area contributed by atoms with Crippen LogP contribution in [0.15, 0.2) is 65.5 Å². The maximum Gasteiger partial charge on any atom is 0.182 e. The molecule has 3 aromatic rings. The van der Waals surface area contributed by atoms with Gasteiger partial charge >= 0.3 is 0 Å². The molecule has 4 rings (SSSR count). The minimum atomic E-state index is 0.0150. The second-order valence-corrected chi connectivity index (χ2v) is 7.84. The average Bonchev–Trinajstić information content (AvgIpc) is 2.74. The van der Waals surface area contributed by atoms with Gasteiger partial charge in [-0.25, -0.2) is 0 Å². The highest BCUT2D eigenvalue weighted by Crippen LogP contribution is 2.32. The minimum absolute atomic E-state index is 0.0150. The van der Waals surface area contributed by atoms with Gasteiger partial charge in [-0.2, -0.15) is 0 Å². The third-order valence-corrected chi connectivity index (χ3v) is 6.02. The van der Waals surface area contributed by atoms with Crippen molar-refractivity contribution in [1.82, 2.24) is 0 Å². The normalized spacial score (nSPS) is 14.1. The van der Waals surface area contributed by atoms with E-state index in [4.69, 9.17) is 4.74 Å². The van der Waals surface area contributed by atoms with Crippen molar-refractivity contribution in [3.63, 3.8) is 0 Å². The largest absolute Gasteiger partial charge is 0.378 e. The lowest BCUT2D eigenvalue weighted by molar-refractivity contribution is 0.101. The summed E-state index contributed by atoms with van der Waals surface area (Å²) in [4.78, 5) is 27.3. The first-order valence-electron chi connectivity index (χ1n) is 9.30. The maximum atomic E-state index is 12.2. The fourth-order valence-corrected chi connectivity index (χ4v) is 4.54. The molecule has 5 heteroatoms. The lowest BCUT2D eigenvalue weighted by atomic mass is 9.96. The lowest BCUT2D eigenvalue weighted by Gasteiger charge is -2.28. The Morgan fingerprint density at radius 2 is 1.64 bits per heavy atom. The monoisotopic (exact) mass is 391 g/mol. The van der Waals surface area contributed by atoms with Gasteiger partial charge in [0.1, 0.15) is 0 Å². The number of hydrogen-bond acceptors (Lipinski definition) is 5. The van der Waals surface area contributed by atoms with E-state index in [0.717, 1.165) is 39.7 Å². The maximum absolute atomic E-state index is 12.2. The Balaban J connectivity index is 1.67. The molecule has 2 aromatic carbocycles. The van der Waals surface area contributed by atoms with Crippen molar-refractivity contribution in [2.75, 3.05) is 31.2 Å². The zero-order valence-electron chi connectivity index (χ0n) is 15.7. The summed E-state index contributed by atoms with van der Waals surface area (Å²) in [6, 6.07) is 19.1. The van der Waals surface area contributed by atoms with Crippen LogP contribution in [0.3, 0.4) is 0 Å². The Labute approximate surface area is 168 Å². The third kappa shape index (κ3) is 3.91. The summed E-state index contributed by atoms with van der Waals surface area (Å²) in [7, 11) is 0. The van der Waals surface area contributed by atoms with Crippen LogP contribution in [0.1, 0.15) is 17.3 Å². The summed E-state index contributed by atoms with van der Waals surface area (Å²) in [5.74, 6) is 0.0520. The zero-order valence-corrected chi connectivity index (χ0v) is 16.5. The number of rotatable bonds is 4. The van der Waals surface area contributed by atoms with Crippen LogP contribution < -0.4 is 10.3 Å². The number of hydrogen-bond donors (Lipinski definition) is 0. The van der Waals surface area contributed by atoms with Gasteiger partial charge in [-0.15, -0.1) is 11.3 Å². The molecular formula is C23H21NO3S. The van der Waals surface area contributed by atoms with Crippen LogP contribution in [-0.2, 0) is 4.74 Å². The van der Waals surface area contributed by atoms with Gasteiger partial charge in [0.05, 0.1) is 18.2 Å². The summed E-state index contributed by atoms with van der Waals surface area (Å²) in [6.07, 6.45) is 0.